The minimum Gasteiger partial charge on any atom is -0.329 e. The Hall–Kier alpha value is -0.450. The van der Waals surface area contributed by atoms with Gasteiger partial charge in [0.15, 0.2) is 0 Å². The van der Waals surface area contributed by atoms with E-state index in [0.29, 0.717) is 18.5 Å². The Kier molecular flexibility index (Phi) is 4.70. The fourth-order valence-electron chi connectivity index (χ4n) is 2.34. The molecule has 0 saturated carbocycles. The van der Waals surface area contributed by atoms with Gasteiger partial charge in [-0.2, -0.15) is 0 Å². The van der Waals surface area contributed by atoms with Crippen LogP contribution in [0, 0.1) is 5.92 Å². The van der Waals surface area contributed by atoms with E-state index in [1.54, 1.807) is 0 Å². The van der Waals surface area contributed by atoms with E-state index in [0.717, 1.165) is 19.6 Å². The van der Waals surface area contributed by atoms with E-state index in [4.69, 9.17) is 11.5 Å². The number of rotatable bonds is 4. The highest BCUT2D eigenvalue weighted by atomic mass is 15.2. The minimum absolute atomic E-state index is 0.0807. The number of nitrogens with two attached hydrogens (primary N) is 2. The molecule has 0 saturated heterocycles. The van der Waals surface area contributed by atoms with Gasteiger partial charge in [-0.05, 0) is 12.8 Å². The average molecular weight is 212 g/mol. The van der Waals surface area contributed by atoms with Crippen LogP contribution in [0.4, 0.5) is 0 Å². The molecular formula is C11H24N4. The van der Waals surface area contributed by atoms with Crippen molar-refractivity contribution < 1.29 is 0 Å². The largest absolute Gasteiger partial charge is 0.329 e. The summed E-state index contributed by atoms with van der Waals surface area (Å²) in [5.74, 6) is 0.582. The van der Waals surface area contributed by atoms with Crippen LogP contribution in [0.2, 0.25) is 0 Å². The molecule has 1 aliphatic heterocycles. The molecule has 4 heteroatoms. The zero-order chi connectivity index (χ0) is 11.4. The normalized spacial score (nSPS) is 25.5. The van der Waals surface area contributed by atoms with E-state index in [1.807, 2.05) is 0 Å². The predicted molar refractivity (Wildman–Crippen MR) is 65.2 cm³/mol. The van der Waals surface area contributed by atoms with Gasteiger partial charge in [-0.25, -0.2) is 0 Å². The zero-order valence-electron chi connectivity index (χ0n) is 10.1. The zero-order valence-corrected chi connectivity index (χ0v) is 10.1. The number of hydrogen-bond donors (Lipinski definition) is 2. The molecule has 0 aromatic carbocycles. The van der Waals surface area contributed by atoms with E-state index in [-0.39, 0.29) is 6.04 Å². The summed E-state index contributed by atoms with van der Waals surface area (Å²) >= 11 is 0. The summed E-state index contributed by atoms with van der Waals surface area (Å²) in [7, 11) is 0. The van der Waals surface area contributed by atoms with Crippen molar-refractivity contribution >= 4 is 5.71 Å². The molecule has 0 radical (unpaired) electrons. The molecule has 1 heterocycles. The third kappa shape index (κ3) is 3.26. The number of hydrogen-bond acceptors (Lipinski definition) is 4. The number of nitrogens with zero attached hydrogens (tertiary/aromatic N) is 2. The molecule has 0 aromatic heterocycles. The van der Waals surface area contributed by atoms with Gasteiger partial charge in [0, 0.05) is 37.4 Å². The van der Waals surface area contributed by atoms with E-state index in [9.17, 15) is 0 Å². The molecule has 4 nitrogen and oxygen atoms in total. The van der Waals surface area contributed by atoms with Crippen LogP contribution in [0.5, 0.6) is 0 Å². The van der Waals surface area contributed by atoms with Gasteiger partial charge in [0.25, 0.3) is 0 Å². The molecule has 1 rings (SSSR count). The first-order valence-electron chi connectivity index (χ1n) is 5.77. The van der Waals surface area contributed by atoms with Crippen LogP contribution in [0.25, 0.3) is 0 Å². The van der Waals surface area contributed by atoms with Crippen molar-refractivity contribution in [1.29, 1.82) is 0 Å². The number of aliphatic imine (C=N–C) groups is 1. The van der Waals surface area contributed by atoms with Crippen LogP contribution in [0.15, 0.2) is 4.99 Å². The second kappa shape index (κ2) is 5.58. The van der Waals surface area contributed by atoms with Gasteiger partial charge in [-0.15, -0.1) is 0 Å². The Labute approximate surface area is 92.7 Å². The standard InChI is InChI=1S/C11H24N4/c1-8(2)11-9(3)14-4-5-15(11)7-10(13)6-12/h8,10-11H,4-7,12-13H2,1-3H3. The Morgan fingerprint density at radius 3 is 2.73 bits per heavy atom. The SMILES string of the molecule is CC1=NCCN(CC(N)CN)C1C(C)C. The summed E-state index contributed by atoms with van der Waals surface area (Å²) < 4.78 is 0. The van der Waals surface area contributed by atoms with Crippen molar-refractivity contribution in [3.05, 3.63) is 0 Å². The molecule has 2 atom stereocenters. The van der Waals surface area contributed by atoms with E-state index in [2.05, 4.69) is 30.7 Å². The molecule has 1 aliphatic rings. The van der Waals surface area contributed by atoms with Crippen molar-refractivity contribution in [3.63, 3.8) is 0 Å². The van der Waals surface area contributed by atoms with E-state index >= 15 is 0 Å². The molecule has 88 valence electrons. The lowest BCUT2D eigenvalue weighted by Gasteiger charge is -2.38. The van der Waals surface area contributed by atoms with Crippen molar-refractivity contribution in [2.75, 3.05) is 26.2 Å². The van der Waals surface area contributed by atoms with Crippen molar-refractivity contribution in [2.24, 2.45) is 22.4 Å². The summed E-state index contributed by atoms with van der Waals surface area (Å²) in [5, 5.41) is 0. The van der Waals surface area contributed by atoms with Crippen LogP contribution in [-0.4, -0.2) is 48.9 Å². The highest BCUT2D eigenvalue weighted by Crippen LogP contribution is 2.16. The van der Waals surface area contributed by atoms with E-state index in [1.165, 1.54) is 5.71 Å². The third-order valence-corrected chi connectivity index (χ3v) is 2.97. The van der Waals surface area contributed by atoms with Crippen molar-refractivity contribution in [1.82, 2.24) is 4.90 Å². The second-order valence-corrected chi connectivity index (χ2v) is 4.70. The molecule has 15 heavy (non-hydrogen) atoms. The maximum atomic E-state index is 5.91. The van der Waals surface area contributed by atoms with Gasteiger partial charge in [0.05, 0.1) is 6.54 Å². The van der Waals surface area contributed by atoms with Gasteiger partial charge in [-0.3, -0.25) is 9.89 Å². The minimum atomic E-state index is 0.0807. The Morgan fingerprint density at radius 2 is 2.20 bits per heavy atom. The van der Waals surface area contributed by atoms with E-state index < -0.39 is 0 Å². The van der Waals surface area contributed by atoms with Gasteiger partial charge in [0.1, 0.15) is 0 Å². The lowest BCUT2D eigenvalue weighted by molar-refractivity contribution is 0.188. The van der Waals surface area contributed by atoms with Crippen LogP contribution >= 0.6 is 0 Å². The molecule has 4 N–H and O–H groups in total. The molecule has 0 amide bonds. The molecule has 0 bridgehead atoms. The Bertz CT molecular complexity index is 225. The van der Waals surface area contributed by atoms with Gasteiger partial charge in [0.2, 0.25) is 0 Å². The van der Waals surface area contributed by atoms with Crippen molar-refractivity contribution in [3.8, 4) is 0 Å². The maximum absolute atomic E-state index is 5.91. The molecule has 0 fully saturated rings. The topological polar surface area (TPSA) is 67.6 Å². The summed E-state index contributed by atoms with van der Waals surface area (Å²) in [6.07, 6.45) is 0. The monoisotopic (exact) mass is 212 g/mol. The summed E-state index contributed by atoms with van der Waals surface area (Å²) in [4.78, 5) is 6.94. The summed E-state index contributed by atoms with van der Waals surface area (Å²) in [6.45, 7) is 9.92. The average Bonchev–Trinajstić information content (AvgIpc) is 2.17. The Balaban J connectivity index is 2.66. The maximum Gasteiger partial charge on any atom is 0.0517 e. The molecule has 0 aliphatic carbocycles. The van der Waals surface area contributed by atoms with Crippen LogP contribution in [0.3, 0.4) is 0 Å². The van der Waals surface area contributed by atoms with Crippen LogP contribution < -0.4 is 11.5 Å². The fourth-order valence-corrected chi connectivity index (χ4v) is 2.34. The molecular weight excluding hydrogens is 188 g/mol. The first-order chi connectivity index (χ1) is 7.06. The summed E-state index contributed by atoms with van der Waals surface area (Å²) in [6, 6.07) is 0.522. The van der Waals surface area contributed by atoms with Crippen molar-refractivity contribution in [2.45, 2.75) is 32.9 Å². The van der Waals surface area contributed by atoms with Gasteiger partial charge in [-0.1, -0.05) is 13.8 Å². The molecule has 0 spiro atoms. The first-order valence-corrected chi connectivity index (χ1v) is 5.77. The van der Waals surface area contributed by atoms with Crippen LogP contribution in [-0.2, 0) is 0 Å². The highest BCUT2D eigenvalue weighted by molar-refractivity contribution is 5.88. The lowest BCUT2D eigenvalue weighted by atomic mass is 9.96. The van der Waals surface area contributed by atoms with Gasteiger partial charge >= 0.3 is 0 Å². The highest BCUT2D eigenvalue weighted by Gasteiger charge is 2.27. The van der Waals surface area contributed by atoms with Crippen LogP contribution in [0.1, 0.15) is 20.8 Å². The fraction of sp³-hybridized carbons (Fsp3) is 0.909. The predicted octanol–water partition coefficient (Wildman–Crippen LogP) is 0.0735. The lowest BCUT2D eigenvalue weighted by Crippen LogP contribution is -2.53. The Morgan fingerprint density at radius 1 is 1.53 bits per heavy atom. The van der Waals surface area contributed by atoms with Gasteiger partial charge < -0.3 is 11.5 Å². The second-order valence-electron chi connectivity index (χ2n) is 4.70. The first kappa shape index (κ1) is 12.6. The third-order valence-electron chi connectivity index (χ3n) is 2.97. The summed E-state index contributed by atoms with van der Waals surface area (Å²) in [5.41, 5.74) is 12.7. The quantitative estimate of drug-likeness (QED) is 0.693. The molecule has 2 unspecified atom stereocenters. The molecule has 0 aromatic rings. The smallest absolute Gasteiger partial charge is 0.0517 e.